The molecule has 4 aromatic rings. The summed E-state index contributed by atoms with van der Waals surface area (Å²) in [5.41, 5.74) is -0.709. The number of aliphatic hydroxyl groups is 3. The predicted molar refractivity (Wildman–Crippen MR) is 118 cm³/mol. The zero-order valence-electron chi connectivity index (χ0n) is 18.4. The summed E-state index contributed by atoms with van der Waals surface area (Å²) in [6, 6.07) is 12.6. The van der Waals surface area contributed by atoms with Crippen molar-refractivity contribution in [3.05, 3.63) is 72.1 Å². The van der Waals surface area contributed by atoms with Gasteiger partial charge in [-0.15, -0.1) is 0 Å². The van der Waals surface area contributed by atoms with Crippen molar-refractivity contribution in [1.82, 2.24) is 25.2 Å². The van der Waals surface area contributed by atoms with Gasteiger partial charge in [0, 0.05) is 5.56 Å². The first-order chi connectivity index (χ1) is 17.2. The molecule has 0 unspecified atom stereocenters. The molecule has 36 heavy (non-hydrogen) atoms. The zero-order valence-corrected chi connectivity index (χ0v) is 18.4. The van der Waals surface area contributed by atoms with E-state index in [0.29, 0.717) is 5.56 Å². The Bertz CT molecular complexity index is 1320. The van der Waals surface area contributed by atoms with E-state index in [2.05, 4.69) is 20.6 Å². The maximum atomic E-state index is 13.9. The third kappa shape index (κ3) is 5.12. The van der Waals surface area contributed by atoms with Crippen molar-refractivity contribution in [2.45, 2.75) is 18.3 Å². The van der Waals surface area contributed by atoms with Gasteiger partial charge in [0.05, 0.1) is 36.7 Å². The smallest absolute Gasteiger partial charge is 0.394 e. The number of nitrogens with one attached hydrogen (secondary N) is 1. The molecule has 0 aliphatic heterocycles. The molecule has 0 fully saturated rings. The normalized spacial score (nSPS) is 12.6. The Kier molecular flexibility index (Phi) is 7.15. The number of nitrogens with zero attached hydrogens (tertiary/aromatic N) is 4. The van der Waals surface area contributed by atoms with Gasteiger partial charge in [-0.3, -0.25) is 4.79 Å². The van der Waals surface area contributed by atoms with Crippen LogP contribution in [-0.2, 0) is 11.0 Å². The van der Waals surface area contributed by atoms with Gasteiger partial charge in [0.15, 0.2) is 11.8 Å². The highest BCUT2D eigenvalue weighted by Gasteiger charge is 2.40. The summed E-state index contributed by atoms with van der Waals surface area (Å²) in [7, 11) is 0. The van der Waals surface area contributed by atoms with Crippen LogP contribution >= 0.6 is 0 Å². The van der Waals surface area contributed by atoms with E-state index in [1.807, 2.05) is 0 Å². The Labute approximate surface area is 201 Å². The molecule has 0 saturated carbocycles. The van der Waals surface area contributed by atoms with Crippen LogP contribution in [0.3, 0.4) is 0 Å². The summed E-state index contributed by atoms with van der Waals surface area (Å²) in [5, 5.41) is 38.2. The molecule has 0 spiro atoms. The fourth-order valence-corrected chi connectivity index (χ4v) is 3.39. The highest BCUT2D eigenvalue weighted by Crippen LogP contribution is 2.38. The lowest BCUT2D eigenvalue weighted by atomic mass is 10.1. The van der Waals surface area contributed by atoms with Gasteiger partial charge in [-0.2, -0.15) is 23.3 Å². The Morgan fingerprint density at radius 1 is 1.06 bits per heavy atom. The van der Waals surface area contributed by atoms with Crippen LogP contribution in [-0.4, -0.2) is 60.4 Å². The molecule has 4 N–H and O–H groups in total. The Morgan fingerprint density at radius 3 is 2.33 bits per heavy atom. The van der Waals surface area contributed by atoms with Gasteiger partial charge >= 0.3 is 6.18 Å². The monoisotopic (exact) mass is 503 g/mol. The second-order valence-corrected chi connectivity index (χ2v) is 7.67. The molecule has 13 heteroatoms. The second-order valence-electron chi connectivity index (χ2n) is 7.67. The summed E-state index contributed by atoms with van der Waals surface area (Å²) in [6.45, 7) is -1.01. The van der Waals surface area contributed by atoms with E-state index in [0.717, 1.165) is 10.9 Å². The maximum Gasteiger partial charge on any atom is 0.434 e. The summed E-state index contributed by atoms with van der Waals surface area (Å²) >= 11 is 0. The number of carbonyl (C=O) groups excluding carboxylic acids is 1. The fraction of sp³-hybridized carbons (Fsp3) is 0.217. The van der Waals surface area contributed by atoms with Gasteiger partial charge in [-0.05, 0) is 17.7 Å². The number of alkyl halides is 3. The molecule has 0 aliphatic carbocycles. The van der Waals surface area contributed by atoms with Crippen molar-refractivity contribution < 1.29 is 37.8 Å². The molecule has 2 aromatic carbocycles. The molecule has 0 saturated heterocycles. The predicted octanol–water partition coefficient (Wildman–Crippen LogP) is 2.11. The Morgan fingerprint density at radius 2 is 1.72 bits per heavy atom. The minimum absolute atomic E-state index is 0.0169. The van der Waals surface area contributed by atoms with Crippen LogP contribution in [0.4, 0.5) is 13.2 Å². The fourth-order valence-electron chi connectivity index (χ4n) is 3.39. The molecule has 0 bridgehead atoms. The molecule has 1 amide bonds. The first-order valence-electron chi connectivity index (χ1n) is 10.6. The van der Waals surface area contributed by atoms with Gasteiger partial charge in [0.2, 0.25) is 5.82 Å². The number of benzene rings is 2. The van der Waals surface area contributed by atoms with Crippen LogP contribution < -0.4 is 5.32 Å². The third-order valence-electron chi connectivity index (χ3n) is 5.22. The van der Waals surface area contributed by atoms with Crippen molar-refractivity contribution in [1.29, 1.82) is 0 Å². The summed E-state index contributed by atoms with van der Waals surface area (Å²) in [4.78, 5) is 16.2. The first-order valence-corrected chi connectivity index (χ1v) is 10.6. The van der Waals surface area contributed by atoms with Gasteiger partial charge in [0.1, 0.15) is 0 Å². The van der Waals surface area contributed by atoms with Crippen LogP contribution in [0.25, 0.3) is 28.5 Å². The number of carbonyl (C=O) groups is 1. The first kappa shape index (κ1) is 25.0. The summed E-state index contributed by atoms with van der Waals surface area (Å²) < 4.78 is 47.6. The topological polar surface area (TPSA) is 147 Å². The molecular weight excluding hydrogens is 483 g/mol. The number of hydrogen-bond acceptors (Lipinski definition) is 8. The standard InChI is InChI=1S/C23H20F3N5O5/c24-23(25,26)19-17(10-27-31(19)16-4-2-1-3-5-16)22-29-20(30-36-22)14-8-6-13(7-9-14)18(34)21(35)28-15(11-32)12-33/h1-10,15,18,32-34H,11-12H2,(H,28,35)/t18-/m1/s1. The number of aromatic nitrogens is 4. The molecule has 1 atom stereocenters. The molecule has 0 aliphatic rings. The Balaban J connectivity index is 1.59. The van der Waals surface area contributed by atoms with Gasteiger partial charge < -0.3 is 25.2 Å². The second kappa shape index (κ2) is 10.3. The minimum Gasteiger partial charge on any atom is -0.394 e. The molecule has 4 rings (SSSR count). The molecule has 2 aromatic heterocycles. The van der Waals surface area contributed by atoms with Crippen molar-refractivity contribution in [3.63, 3.8) is 0 Å². The van der Waals surface area contributed by atoms with E-state index in [1.54, 1.807) is 18.2 Å². The van der Waals surface area contributed by atoms with Crippen LogP contribution in [0.5, 0.6) is 0 Å². The van der Waals surface area contributed by atoms with E-state index in [4.69, 9.17) is 14.7 Å². The van der Waals surface area contributed by atoms with E-state index >= 15 is 0 Å². The van der Waals surface area contributed by atoms with E-state index < -0.39 is 48.7 Å². The molecule has 2 heterocycles. The summed E-state index contributed by atoms with van der Waals surface area (Å²) in [6.07, 6.45) is -5.35. The minimum atomic E-state index is -4.76. The van der Waals surface area contributed by atoms with E-state index in [1.165, 1.54) is 36.4 Å². The number of amides is 1. The van der Waals surface area contributed by atoms with Gasteiger partial charge in [-0.1, -0.05) is 47.6 Å². The lowest BCUT2D eigenvalue weighted by molar-refractivity contribution is -0.142. The lowest BCUT2D eigenvalue weighted by Crippen LogP contribution is -2.42. The van der Waals surface area contributed by atoms with Crippen molar-refractivity contribution in [2.24, 2.45) is 0 Å². The highest BCUT2D eigenvalue weighted by atomic mass is 19.4. The largest absolute Gasteiger partial charge is 0.434 e. The number of aliphatic hydroxyl groups excluding tert-OH is 3. The third-order valence-corrected chi connectivity index (χ3v) is 5.22. The molecule has 10 nitrogen and oxygen atoms in total. The number of para-hydroxylation sites is 1. The molecule has 0 radical (unpaired) electrons. The van der Waals surface area contributed by atoms with Gasteiger partial charge in [0.25, 0.3) is 11.8 Å². The average molecular weight is 503 g/mol. The summed E-state index contributed by atoms with van der Waals surface area (Å²) in [5.74, 6) is -1.23. The van der Waals surface area contributed by atoms with Crippen molar-refractivity contribution in [3.8, 4) is 28.5 Å². The zero-order chi connectivity index (χ0) is 25.9. The SMILES string of the molecule is O=C(NC(CO)CO)[C@H](O)c1ccc(-c2noc(-c3cnn(-c4ccccc4)c3C(F)(F)F)n2)cc1. The quantitative estimate of drug-likeness (QED) is 0.286. The molecule has 188 valence electrons. The van der Waals surface area contributed by atoms with Crippen LogP contribution in [0.15, 0.2) is 65.3 Å². The van der Waals surface area contributed by atoms with Crippen LogP contribution in [0.2, 0.25) is 0 Å². The van der Waals surface area contributed by atoms with Crippen molar-refractivity contribution in [2.75, 3.05) is 13.2 Å². The maximum absolute atomic E-state index is 13.9. The Hall–Kier alpha value is -4.07. The molecular formula is C23H20F3N5O5. The van der Waals surface area contributed by atoms with Gasteiger partial charge in [-0.25, -0.2) is 4.68 Å². The lowest BCUT2D eigenvalue weighted by Gasteiger charge is -2.17. The van der Waals surface area contributed by atoms with Crippen molar-refractivity contribution >= 4 is 5.91 Å². The highest BCUT2D eigenvalue weighted by molar-refractivity contribution is 5.82. The van der Waals surface area contributed by atoms with E-state index in [-0.39, 0.29) is 23.0 Å². The van der Waals surface area contributed by atoms with Crippen LogP contribution in [0, 0.1) is 0 Å². The number of hydrogen-bond donors (Lipinski definition) is 4. The number of halogens is 3. The average Bonchev–Trinajstić information content (AvgIpc) is 3.55. The van der Waals surface area contributed by atoms with E-state index in [9.17, 15) is 23.1 Å². The van der Waals surface area contributed by atoms with Crippen LogP contribution in [0.1, 0.15) is 17.4 Å². The number of rotatable bonds is 8.